The standard InChI is InChI=1S/C26H26N2O6/c1-14-6-8-16(9-7-14)20-19-15(2)28-34-22(19)27-21(17-10-12-18(31-5)13-11-17)26(20)23(29)32-25(3,4)33-24(26)30/h6-13,20-21,27H,1-5H3. The van der Waals surface area contributed by atoms with E-state index in [0.717, 1.165) is 11.1 Å². The maximum absolute atomic E-state index is 14.0. The number of ether oxygens (including phenoxy) is 3. The molecule has 2 unspecified atom stereocenters. The van der Waals surface area contributed by atoms with Gasteiger partial charge in [0.25, 0.3) is 5.79 Å². The summed E-state index contributed by atoms with van der Waals surface area (Å²) in [4.78, 5) is 27.9. The number of anilines is 1. The quantitative estimate of drug-likeness (QED) is 0.451. The zero-order valence-electron chi connectivity index (χ0n) is 19.7. The van der Waals surface area contributed by atoms with Crippen molar-refractivity contribution in [2.24, 2.45) is 5.41 Å². The van der Waals surface area contributed by atoms with Gasteiger partial charge in [-0.25, -0.2) is 0 Å². The van der Waals surface area contributed by atoms with E-state index in [1.54, 1.807) is 52.1 Å². The fourth-order valence-electron chi connectivity index (χ4n) is 4.98. The van der Waals surface area contributed by atoms with Gasteiger partial charge in [-0.15, -0.1) is 0 Å². The normalized spacial score (nSPS) is 22.4. The molecule has 3 heterocycles. The van der Waals surface area contributed by atoms with E-state index in [1.807, 2.05) is 31.2 Å². The monoisotopic (exact) mass is 462 g/mol. The third-order valence-corrected chi connectivity index (χ3v) is 6.60. The molecular formula is C26H26N2O6. The van der Waals surface area contributed by atoms with Crippen LogP contribution in [0.25, 0.3) is 0 Å². The summed E-state index contributed by atoms with van der Waals surface area (Å²) in [5, 5.41) is 7.40. The summed E-state index contributed by atoms with van der Waals surface area (Å²) in [6.45, 7) is 6.86. The lowest BCUT2D eigenvalue weighted by atomic mass is 9.60. The van der Waals surface area contributed by atoms with Crippen LogP contribution in [0.5, 0.6) is 5.75 Å². The van der Waals surface area contributed by atoms with Gasteiger partial charge in [-0.1, -0.05) is 47.1 Å². The summed E-state index contributed by atoms with van der Waals surface area (Å²) < 4.78 is 22.4. The van der Waals surface area contributed by atoms with E-state index in [1.165, 1.54) is 0 Å². The minimum atomic E-state index is -1.76. The second kappa shape index (κ2) is 7.62. The van der Waals surface area contributed by atoms with E-state index in [4.69, 9.17) is 18.7 Å². The average molecular weight is 463 g/mol. The van der Waals surface area contributed by atoms with Crippen LogP contribution >= 0.6 is 0 Å². The number of carbonyl (C=O) groups excluding carboxylic acids is 2. The Morgan fingerprint density at radius 2 is 1.50 bits per heavy atom. The highest BCUT2D eigenvalue weighted by atomic mass is 16.7. The fraction of sp³-hybridized carbons (Fsp3) is 0.346. The maximum atomic E-state index is 14.0. The van der Waals surface area contributed by atoms with Gasteiger partial charge in [0.15, 0.2) is 0 Å². The van der Waals surface area contributed by atoms with Crippen LogP contribution in [-0.2, 0) is 19.1 Å². The van der Waals surface area contributed by atoms with E-state index in [9.17, 15) is 9.59 Å². The lowest BCUT2D eigenvalue weighted by molar-refractivity contribution is -0.254. The molecule has 2 aliphatic rings. The van der Waals surface area contributed by atoms with Gasteiger partial charge in [0.1, 0.15) is 5.75 Å². The van der Waals surface area contributed by atoms with Crippen molar-refractivity contribution in [1.29, 1.82) is 0 Å². The van der Waals surface area contributed by atoms with Gasteiger partial charge in [0.2, 0.25) is 11.3 Å². The number of cyclic esters (lactones) is 2. The Balaban J connectivity index is 1.81. The van der Waals surface area contributed by atoms with Crippen molar-refractivity contribution in [2.75, 3.05) is 12.4 Å². The number of esters is 2. The lowest BCUT2D eigenvalue weighted by Gasteiger charge is -2.49. The van der Waals surface area contributed by atoms with Crippen LogP contribution in [0.2, 0.25) is 0 Å². The Kier molecular flexibility index (Phi) is 4.93. The molecule has 2 aromatic carbocycles. The van der Waals surface area contributed by atoms with Crippen LogP contribution < -0.4 is 10.1 Å². The zero-order valence-corrected chi connectivity index (χ0v) is 19.7. The summed E-state index contributed by atoms with van der Waals surface area (Å²) in [5.74, 6) is -2.42. The Bertz CT molecular complexity index is 1240. The SMILES string of the molecule is COc1ccc(C2Nc3onc(C)c3C(c3ccc(C)cc3)C23C(=O)OC(C)(C)OC3=O)cc1. The van der Waals surface area contributed by atoms with Gasteiger partial charge in [-0.2, -0.15) is 0 Å². The number of aromatic nitrogens is 1. The third-order valence-electron chi connectivity index (χ3n) is 6.60. The Hall–Kier alpha value is -3.81. The van der Waals surface area contributed by atoms with Gasteiger partial charge in [-0.05, 0) is 37.1 Å². The molecular weight excluding hydrogens is 436 g/mol. The van der Waals surface area contributed by atoms with E-state index >= 15 is 0 Å². The molecule has 5 rings (SSSR count). The summed E-state index contributed by atoms with van der Waals surface area (Å²) >= 11 is 0. The van der Waals surface area contributed by atoms with Gasteiger partial charge in [-0.3, -0.25) is 9.59 Å². The second-order valence-electron chi connectivity index (χ2n) is 9.25. The van der Waals surface area contributed by atoms with Crippen molar-refractivity contribution in [1.82, 2.24) is 5.16 Å². The van der Waals surface area contributed by atoms with Crippen molar-refractivity contribution < 1.29 is 28.3 Å². The number of hydrogen-bond donors (Lipinski definition) is 1. The Morgan fingerprint density at radius 3 is 2.09 bits per heavy atom. The number of rotatable bonds is 3. The van der Waals surface area contributed by atoms with Crippen molar-refractivity contribution in [2.45, 2.75) is 45.4 Å². The van der Waals surface area contributed by atoms with Crippen LogP contribution in [0.1, 0.15) is 53.8 Å². The number of benzene rings is 2. The van der Waals surface area contributed by atoms with Crippen LogP contribution in [0.3, 0.4) is 0 Å². The number of hydrogen-bond acceptors (Lipinski definition) is 8. The second-order valence-corrected chi connectivity index (χ2v) is 9.25. The Labute approximate surface area is 197 Å². The van der Waals surface area contributed by atoms with E-state index < -0.39 is 35.1 Å². The average Bonchev–Trinajstić information content (AvgIpc) is 3.17. The smallest absolute Gasteiger partial charge is 0.330 e. The molecule has 8 nitrogen and oxygen atoms in total. The number of nitrogens with zero attached hydrogens (tertiary/aromatic N) is 1. The lowest BCUT2D eigenvalue weighted by Crippen LogP contribution is -2.61. The van der Waals surface area contributed by atoms with Crippen LogP contribution in [0.15, 0.2) is 53.1 Å². The highest BCUT2D eigenvalue weighted by Gasteiger charge is 2.68. The molecule has 1 saturated heterocycles. The Morgan fingerprint density at radius 1 is 0.912 bits per heavy atom. The van der Waals surface area contributed by atoms with Gasteiger partial charge >= 0.3 is 11.9 Å². The zero-order chi connectivity index (χ0) is 24.3. The number of carbonyl (C=O) groups is 2. The van der Waals surface area contributed by atoms with Crippen molar-refractivity contribution in [3.05, 3.63) is 76.5 Å². The molecule has 2 atom stereocenters. The van der Waals surface area contributed by atoms with Crippen LogP contribution in [-0.4, -0.2) is 30.0 Å². The highest BCUT2D eigenvalue weighted by molar-refractivity contribution is 6.06. The van der Waals surface area contributed by atoms with Gasteiger partial charge in [0.05, 0.1) is 18.8 Å². The molecule has 0 amide bonds. The number of nitrogens with one attached hydrogen (secondary N) is 1. The summed E-state index contributed by atoms with van der Waals surface area (Å²) in [7, 11) is 1.57. The number of methoxy groups -OCH3 is 1. The highest BCUT2D eigenvalue weighted by Crippen LogP contribution is 2.59. The number of aryl methyl sites for hydroxylation is 2. The molecule has 1 aromatic heterocycles. The molecule has 1 fully saturated rings. The first-order valence-corrected chi connectivity index (χ1v) is 11.1. The molecule has 1 N–H and O–H groups in total. The molecule has 3 aromatic rings. The summed E-state index contributed by atoms with van der Waals surface area (Å²) in [6, 6.07) is 14.0. The predicted molar refractivity (Wildman–Crippen MR) is 122 cm³/mol. The van der Waals surface area contributed by atoms with Crippen molar-refractivity contribution in [3.8, 4) is 5.75 Å². The maximum Gasteiger partial charge on any atom is 0.330 e. The first-order chi connectivity index (χ1) is 16.2. The molecule has 8 heteroatoms. The minimum absolute atomic E-state index is 0.403. The molecule has 176 valence electrons. The first-order valence-electron chi connectivity index (χ1n) is 11.1. The summed E-state index contributed by atoms with van der Waals surface area (Å²) in [5.41, 5.74) is 1.92. The van der Waals surface area contributed by atoms with Crippen molar-refractivity contribution >= 4 is 17.8 Å². The van der Waals surface area contributed by atoms with Gasteiger partial charge < -0.3 is 24.1 Å². The van der Waals surface area contributed by atoms with E-state index in [0.29, 0.717) is 28.5 Å². The molecule has 0 saturated carbocycles. The number of fused-ring (bicyclic) bond motifs is 1. The summed E-state index contributed by atoms with van der Waals surface area (Å²) in [6.07, 6.45) is 0. The van der Waals surface area contributed by atoms with Crippen LogP contribution in [0, 0.1) is 19.3 Å². The topological polar surface area (TPSA) is 99.9 Å². The van der Waals surface area contributed by atoms with Crippen molar-refractivity contribution in [3.63, 3.8) is 0 Å². The van der Waals surface area contributed by atoms with E-state index in [2.05, 4.69) is 10.5 Å². The largest absolute Gasteiger partial charge is 0.497 e. The predicted octanol–water partition coefficient (Wildman–Crippen LogP) is 4.42. The van der Waals surface area contributed by atoms with E-state index in [-0.39, 0.29) is 0 Å². The van der Waals surface area contributed by atoms with Crippen LogP contribution in [0.4, 0.5) is 5.88 Å². The van der Waals surface area contributed by atoms with Gasteiger partial charge in [0, 0.05) is 25.3 Å². The molecule has 2 aliphatic heterocycles. The third kappa shape index (κ3) is 3.16. The molecule has 0 aliphatic carbocycles. The molecule has 0 bridgehead atoms. The first kappa shape index (κ1) is 22.0. The molecule has 34 heavy (non-hydrogen) atoms. The fourth-order valence-corrected chi connectivity index (χ4v) is 4.98. The minimum Gasteiger partial charge on any atom is -0.497 e. The molecule has 1 spiro atoms. The molecule has 0 radical (unpaired) electrons.